The first-order valence-electron chi connectivity index (χ1n) is 6.60. The van der Waals surface area contributed by atoms with Gasteiger partial charge in [0.25, 0.3) is 0 Å². The van der Waals surface area contributed by atoms with Crippen LogP contribution in [-0.4, -0.2) is 22.4 Å². The Morgan fingerprint density at radius 1 is 1.12 bits per heavy atom. The predicted octanol–water partition coefficient (Wildman–Crippen LogP) is 3.00. The highest BCUT2D eigenvalue weighted by atomic mass is 15.3. The molecule has 0 radical (unpaired) electrons. The van der Waals surface area contributed by atoms with Crippen molar-refractivity contribution in [2.75, 3.05) is 6.54 Å². The van der Waals surface area contributed by atoms with Crippen LogP contribution in [0.1, 0.15) is 50.7 Å². The van der Waals surface area contributed by atoms with Gasteiger partial charge >= 0.3 is 0 Å². The van der Waals surface area contributed by atoms with Gasteiger partial charge in [-0.1, -0.05) is 20.8 Å². The van der Waals surface area contributed by atoms with Gasteiger partial charge in [-0.05, 0) is 45.7 Å². The van der Waals surface area contributed by atoms with Gasteiger partial charge in [0.05, 0.1) is 11.7 Å². The largest absolute Gasteiger partial charge is 0.314 e. The molecular formula is C14H27N3. The Morgan fingerprint density at radius 3 is 2.12 bits per heavy atom. The molecule has 1 aromatic rings. The monoisotopic (exact) mass is 237 g/mol. The molecule has 0 bridgehead atoms. The summed E-state index contributed by atoms with van der Waals surface area (Å²) in [4.78, 5) is 0. The van der Waals surface area contributed by atoms with Gasteiger partial charge in [0.15, 0.2) is 0 Å². The van der Waals surface area contributed by atoms with Crippen LogP contribution >= 0.6 is 0 Å². The fraction of sp³-hybridized carbons (Fsp3) is 0.786. The number of aryl methyl sites for hydroxylation is 1. The van der Waals surface area contributed by atoms with Crippen molar-refractivity contribution >= 4 is 0 Å². The molecule has 98 valence electrons. The first-order valence-corrected chi connectivity index (χ1v) is 6.60. The van der Waals surface area contributed by atoms with Crippen molar-refractivity contribution in [2.45, 2.75) is 60.5 Å². The summed E-state index contributed by atoms with van der Waals surface area (Å²) in [6.07, 6.45) is 0. The number of nitrogens with zero attached hydrogens (tertiary/aromatic N) is 2. The fourth-order valence-corrected chi connectivity index (χ4v) is 1.97. The Kier molecular flexibility index (Phi) is 4.75. The molecule has 0 fully saturated rings. The molecule has 1 heterocycles. The van der Waals surface area contributed by atoms with Crippen LogP contribution < -0.4 is 5.32 Å². The molecule has 3 nitrogen and oxygen atoms in total. The van der Waals surface area contributed by atoms with Crippen LogP contribution in [0.3, 0.4) is 0 Å². The molecule has 0 aliphatic rings. The average Bonchev–Trinajstić information content (AvgIpc) is 2.52. The first kappa shape index (κ1) is 14.2. The number of aromatic nitrogens is 2. The SMILES string of the molecule is Cc1nn(C(C)C(C)CNC(C)C)c(C)c1C. The van der Waals surface area contributed by atoms with E-state index >= 15 is 0 Å². The van der Waals surface area contributed by atoms with E-state index in [0.29, 0.717) is 18.0 Å². The zero-order valence-electron chi connectivity index (χ0n) is 12.3. The third-order valence-electron chi connectivity index (χ3n) is 3.74. The molecule has 1 rings (SSSR count). The summed E-state index contributed by atoms with van der Waals surface area (Å²) in [5.74, 6) is 0.579. The molecule has 0 aliphatic carbocycles. The molecule has 1 aromatic heterocycles. The standard InChI is InChI=1S/C14H27N3/c1-9(2)15-8-10(3)13(6)17-14(7)11(4)12(5)16-17/h9-10,13,15H,8H2,1-7H3. The summed E-state index contributed by atoms with van der Waals surface area (Å²) in [5.41, 5.74) is 3.77. The molecule has 0 saturated carbocycles. The van der Waals surface area contributed by atoms with Crippen molar-refractivity contribution in [3.63, 3.8) is 0 Å². The summed E-state index contributed by atoms with van der Waals surface area (Å²) in [7, 11) is 0. The lowest BCUT2D eigenvalue weighted by Crippen LogP contribution is -2.31. The molecule has 1 N–H and O–H groups in total. The summed E-state index contributed by atoms with van der Waals surface area (Å²) >= 11 is 0. The van der Waals surface area contributed by atoms with E-state index in [1.165, 1.54) is 11.3 Å². The number of nitrogens with one attached hydrogen (secondary N) is 1. The molecule has 0 aliphatic heterocycles. The van der Waals surface area contributed by atoms with E-state index in [-0.39, 0.29) is 0 Å². The van der Waals surface area contributed by atoms with Gasteiger partial charge in [-0.2, -0.15) is 5.10 Å². The second kappa shape index (κ2) is 5.67. The van der Waals surface area contributed by atoms with Crippen LogP contribution in [0.5, 0.6) is 0 Å². The lowest BCUT2D eigenvalue weighted by molar-refractivity contribution is 0.324. The van der Waals surface area contributed by atoms with Gasteiger partial charge in [0.1, 0.15) is 0 Å². The molecule has 2 atom stereocenters. The van der Waals surface area contributed by atoms with E-state index in [2.05, 4.69) is 63.6 Å². The third-order valence-corrected chi connectivity index (χ3v) is 3.74. The molecule has 2 unspecified atom stereocenters. The minimum Gasteiger partial charge on any atom is -0.314 e. The van der Waals surface area contributed by atoms with Crippen molar-refractivity contribution in [3.8, 4) is 0 Å². The Hall–Kier alpha value is -0.830. The number of rotatable bonds is 5. The minimum atomic E-state index is 0.439. The van der Waals surface area contributed by atoms with Gasteiger partial charge in [-0.25, -0.2) is 0 Å². The van der Waals surface area contributed by atoms with E-state index in [1.807, 2.05) is 0 Å². The van der Waals surface area contributed by atoms with Gasteiger partial charge < -0.3 is 5.32 Å². The van der Waals surface area contributed by atoms with Crippen LogP contribution in [0.25, 0.3) is 0 Å². The van der Waals surface area contributed by atoms with Crippen molar-refractivity contribution in [2.24, 2.45) is 5.92 Å². The van der Waals surface area contributed by atoms with Gasteiger partial charge in [-0.15, -0.1) is 0 Å². The second-order valence-electron chi connectivity index (χ2n) is 5.52. The maximum atomic E-state index is 4.65. The highest BCUT2D eigenvalue weighted by molar-refractivity contribution is 5.22. The van der Waals surface area contributed by atoms with Crippen LogP contribution in [0, 0.1) is 26.7 Å². The highest BCUT2D eigenvalue weighted by Gasteiger charge is 2.18. The van der Waals surface area contributed by atoms with Crippen LogP contribution in [0.2, 0.25) is 0 Å². The highest BCUT2D eigenvalue weighted by Crippen LogP contribution is 2.21. The average molecular weight is 237 g/mol. The summed E-state index contributed by atoms with van der Waals surface area (Å²) in [6.45, 7) is 16.3. The van der Waals surface area contributed by atoms with Crippen LogP contribution in [-0.2, 0) is 0 Å². The van der Waals surface area contributed by atoms with Crippen molar-refractivity contribution in [1.82, 2.24) is 15.1 Å². The van der Waals surface area contributed by atoms with Crippen molar-refractivity contribution < 1.29 is 0 Å². The predicted molar refractivity (Wildman–Crippen MR) is 73.5 cm³/mol. The van der Waals surface area contributed by atoms with E-state index in [0.717, 1.165) is 12.2 Å². The Balaban J connectivity index is 2.74. The van der Waals surface area contributed by atoms with Gasteiger partial charge in [0, 0.05) is 11.7 Å². The third kappa shape index (κ3) is 3.32. The molecular weight excluding hydrogens is 210 g/mol. The number of hydrogen-bond donors (Lipinski definition) is 1. The quantitative estimate of drug-likeness (QED) is 0.853. The summed E-state index contributed by atoms with van der Waals surface area (Å²) in [5, 5.41) is 8.14. The van der Waals surface area contributed by atoms with Gasteiger partial charge in [0.2, 0.25) is 0 Å². The minimum absolute atomic E-state index is 0.439. The maximum Gasteiger partial charge on any atom is 0.0625 e. The Labute approximate surface area is 106 Å². The smallest absolute Gasteiger partial charge is 0.0625 e. The Morgan fingerprint density at radius 2 is 1.71 bits per heavy atom. The first-order chi connectivity index (χ1) is 7.84. The molecule has 3 heteroatoms. The van der Waals surface area contributed by atoms with E-state index < -0.39 is 0 Å². The summed E-state index contributed by atoms with van der Waals surface area (Å²) in [6, 6.07) is 0.987. The van der Waals surface area contributed by atoms with E-state index in [4.69, 9.17) is 0 Å². The molecule has 0 aromatic carbocycles. The fourth-order valence-electron chi connectivity index (χ4n) is 1.97. The van der Waals surface area contributed by atoms with Crippen molar-refractivity contribution in [1.29, 1.82) is 0 Å². The normalized spacial score (nSPS) is 15.3. The maximum absolute atomic E-state index is 4.65. The second-order valence-corrected chi connectivity index (χ2v) is 5.52. The van der Waals surface area contributed by atoms with E-state index in [1.54, 1.807) is 0 Å². The van der Waals surface area contributed by atoms with Crippen LogP contribution in [0.15, 0.2) is 0 Å². The lowest BCUT2D eigenvalue weighted by Gasteiger charge is -2.23. The van der Waals surface area contributed by atoms with E-state index in [9.17, 15) is 0 Å². The van der Waals surface area contributed by atoms with Crippen LogP contribution in [0.4, 0.5) is 0 Å². The topological polar surface area (TPSA) is 29.9 Å². The molecule has 0 amide bonds. The Bertz CT molecular complexity index is 366. The molecule has 17 heavy (non-hydrogen) atoms. The van der Waals surface area contributed by atoms with Gasteiger partial charge in [-0.3, -0.25) is 4.68 Å². The van der Waals surface area contributed by atoms with Crippen molar-refractivity contribution in [3.05, 3.63) is 17.0 Å². The molecule has 0 saturated heterocycles. The zero-order valence-corrected chi connectivity index (χ0v) is 12.3. The zero-order chi connectivity index (χ0) is 13.2. The lowest BCUT2D eigenvalue weighted by atomic mass is 10.0. The molecule has 0 spiro atoms. The number of hydrogen-bond acceptors (Lipinski definition) is 2. The summed E-state index contributed by atoms with van der Waals surface area (Å²) < 4.78 is 2.18.